The van der Waals surface area contributed by atoms with Crippen LogP contribution in [0, 0.1) is 5.92 Å². The molecule has 12 heteroatoms. The molecule has 2 heterocycles. The topological polar surface area (TPSA) is 122 Å². The third-order valence-electron chi connectivity index (χ3n) is 6.75. The molecule has 1 aromatic carbocycles. The predicted molar refractivity (Wildman–Crippen MR) is 140 cm³/mol. The van der Waals surface area contributed by atoms with Crippen molar-refractivity contribution in [2.75, 3.05) is 31.5 Å². The molecule has 4 rings (SSSR count). The number of nitrogens with one attached hydrogen (secondary N) is 2. The molecule has 2 unspecified atom stereocenters. The fraction of sp³-hybridized carbons (Fsp3) is 0.407. The number of allylic oxidation sites excluding steroid dienone is 3. The summed E-state index contributed by atoms with van der Waals surface area (Å²) < 4.78 is 46.2. The number of hydrogen-bond acceptors (Lipinski definition) is 7. The summed E-state index contributed by atoms with van der Waals surface area (Å²) in [5.41, 5.74) is 5.42. The zero-order valence-electron chi connectivity index (χ0n) is 21.7. The van der Waals surface area contributed by atoms with Crippen molar-refractivity contribution < 1.29 is 27.5 Å². The van der Waals surface area contributed by atoms with Crippen LogP contribution in [0.5, 0.6) is 5.75 Å². The van der Waals surface area contributed by atoms with E-state index >= 15 is 0 Å². The first-order valence-corrected chi connectivity index (χ1v) is 12.8. The van der Waals surface area contributed by atoms with E-state index in [2.05, 4.69) is 25.5 Å². The van der Waals surface area contributed by atoms with Gasteiger partial charge in [0.15, 0.2) is 5.82 Å². The summed E-state index contributed by atoms with van der Waals surface area (Å²) in [6.45, 7) is 6.34. The number of rotatable bonds is 10. The van der Waals surface area contributed by atoms with Crippen LogP contribution in [0.15, 0.2) is 53.8 Å². The number of hydrogen-bond donors (Lipinski definition) is 3. The van der Waals surface area contributed by atoms with Gasteiger partial charge in [0, 0.05) is 36.2 Å². The van der Waals surface area contributed by atoms with Crippen molar-refractivity contribution >= 4 is 17.6 Å². The Labute approximate surface area is 224 Å². The number of carbonyl (C=O) groups is 2. The Morgan fingerprint density at radius 3 is 2.49 bits per heavy atom. The van der Waals surface area contributed by atoms with Crippen LogP contribution < -0.4 is 21.1 Å². The first-order valence-electron chi connectivity index (χ1n) is 12.8. The van der Waals surface area contributed by atoms with Crippen molar-refractivity contribution in [3.63, 3.8) is 0 Å². The number of benzene rings is 1. The lowest BCUT2D eigenvalue weighted by atomic mass is 9.91. The highest BCUT2D eigenvalue weighted by atomic mass is 19.4. The standard InChI is InChI=1S/C27H31F3N6O3/c1-3-36(4-2)15-17-13-18(27(28,29)30)7-10-22(17)39-19-8-5-16(6-9-19)25-34-21(24(31)37)14-23(35-25)33-20-11-12-32-26(20)38/h5-10,14,17,20H,3-4,11-13,15H2,1-2H3,(H2,31,37)(H,32,38)(H,33,34,35). The smallest absolute Gasteiger partial charge is 0.412 e. The maximum atomic E-state index is 13.4. The Hall–Kier alpha value is -3.93. The largest absolute Gasteiger partial charge is 0.461 e. The average molecular weight is 545 g/mol. The number of amides is 2. The van der Waals surface area contributed by atoms with Crippen LogP contribution in [-0.2, 0) is 4.79 Å². The summed E-state index contributed by atoms with van der Waals surface area (Å²) in [5, 5.41) is 5.74. The maximum absolute atomic E-state index is 13.4. The molecule has 2 aromatic rings. The van der Waals surface area contributed by atoms with Gasteiger partial charge < -0.3 is 26.0 Å². The molecule has 1 fully saturated rings. The third-order valence-corrected chi connectivity index (χ3v) is 6.75. The number of nitrogens with two attached hydrogens (primary N) is 1. The minimum absolute atomic E-state index is 0.0138. The fourth-order valence-electron chi connectivity index (χ4n) is 4.52. The molecule has 2 aliphatic rings. The zero-order chi connectivity index (χ0) is 28.2. The SMILES string of the molecule is CCN(CC)CC1CC(C(F)(F)F)=CC=C1Oc1ccc(-c2nc(NC3CCNC3=O)cc(C(N)=O)n2)cc1. The normalized spacial score (nSPS) is 19.4. The van der Waals surface area contributed by atoms with Crippen molar-refractivity contribution in [1.82, 2.24) is 20.2 Å². The van der Waals surface area contributed by atoms with E-state index in [4.69, 9.17) is 10.5 Å². The van der Waals surface area contributed by atoms with Crippen LogP contribution in [0.2, 0.25) is 0 Å². The third kappa shape index (κ3) is 6.94. The van der Waals surface area contributed by atoms with Crippen molar-refractivity contribution in [3.05, 3.63) is 59.5 Å². The molecule has 0 radical (unpaired) electrons. The van der Waals surface area contributed by atoms with Gasteiger partial charge in [0.2, 0.25) is 5.91 Å². The highest BCUT2D eigenvalue weighted by Crippen LogP contribution is 2.37. The van der Waals surface area contributed by atoms with Crippen LogP contribution in [0.4, 0.5) is 19.0 Å². The lowest BCUT2D eigenvalue weighted by Crippen LogP contribution is -2.33. The van der Waals surface area contributed by atoms with Gasteiger partial charge in [-0.2, -0.15) is 13.2 Å². The van der Waals surface area contributed by atoms with Gasteiger partial charge in [-0.3, -0.25) is 9.59 Å². The number of halogens is 3. The van der Waals surface area contributed by atoms with Crippen molar-refractivity contribution in [1.29, 1.82) is 0 Å². The summed E-state index contributed by atoms with van der Waals surface area (Å²) in [6.07, 6.45) is -1.51. The van der Waals surface area contributed by atoms with Crippen molar-refractivity contribution in [2.24, 2.45) is 11.7 Å². The first-order chi connectivity index (χ1) is 18.6. The van der Waals surface area contributed by atoms with Gasteiger partial charge >= 0.3 is 6.18 Å². The number of aromatic nitrogens is 2. The second kappa shape index (κ2) is 11.9. The molecular formula is C27H31F3N6O3. The molecule has 0 bridgehead atoms. The van der Waals surface area contributed by atoms with Gasteiger partial charge in [-0.05, 0) is 56.3 Å². The summed E-state index contributed by atoms with van der Waals surface area (Å²) >= 11 is 0. The van der Waals surface area contributed by atoms with E-state index in [1.807, 2.05) is 13.8 Å². The molecule has 2 amide bonds. The van der Waals surface area contributed by atoms with Gasteiger partial charge in [-0.15, -0.1) is 0 Å². The molecule has 1 aliphatic heterocycles. The molecule has 9 nitrogen and oxygen atoms in total. The minimum atomic E-state index is -4.39. The summed E-state index contributed by atoms with van der Waals surface area (Å²) in [4.78, 5) is 34.6. The molecule has 208 valence electrons. The number of ether oxygens (including phenoxy) is 1. The first kappa shape index (κ1) is 28.1. The van der Waals surface area contributed by atoms with Gasteiger partial charge in [0.05, 0.1) is 0 Å². The Bertz CT molecular complexity index is 1270. The molecule has 0 spiro atoms. The molecule has 2 atom stereocenters. The van der Waals surface area contributed by atoms with Crippen LogP contribution in [-0.4, -0.2) is 65.1 Å². The second-order valence-electron chi connectivity index (χ2n) is 9.37. The average Bonchev–Trinajstić information content (AvgIpc) is 3.31. The van der Waals surface area contributed by atoms with Crippen LogP contribution in [0.25, 0.3) is 11.4 Å². The Balaban J connectivity index is 1.56. The number of carbonyl (C=O) groups excluding carboxylic acids is 2. The van der Waals surface area contributed by atoms with Crippen molar-refractivity contribution in [2.45, 2.75) is 38.9 Å². The molecule has 4 N–H and O–H groups in total. The van der Waals surface area contributed by atoms with E-state index in [1.54, 1.807) is 24.3 Å². The van der Waals surface area contributed by atoms with E-state index in [-0.39, 0.29) is 29.7 Å². The van der Waals surface area contributed by atoms with Crippen molar-refractivity contribution in [3.8, 4) is 17.1 Å². The summed E-state index contributed by atoms with van der Waals surface area (Å²) in [7, 11) is 0. The quantitative estimate of drug-likeness (QED) is 0.417. The number of primary amides is 1. The van der Waals surface area contributed by atoms with Crippen LogP contribution >= 0.6 is 0 Å². The maximum Gasteiger partial charge on any atom is 0.412 e. The number of alkyl halides is 3. The minimum Gasteiger partial charge on any atom is -0.461 e. The summed E-state index contributed by atoms with van der Waals surface area (Å²) in [6, 6.07) is 7.59. The fourth-order valence-corrected chi connectivity index (χ4v) is 4.52. The van der Waals surface area contributed by atoms with E-state index < -0.39 is 29.6 Å². The number of anilines is 1. The number of nitrogens with zero attached hydrogens (tertiary/aromatic N) is 3. The molecule has 1 saturated heterocycles. The molecule has 1 aliphatic carbocycles. The lowest BCUT2D eigenvalue weighted by Gasteiger charge is -2.30. The lowest BCUT2D eigenvalue weighted by molar-refractivity contribution is -0.119. The second-order valence-corrected chi connectivity index (χ2v) is 9.37. The molecule has 1 aromatic heterocycles. The Morgan fingerprint density at radius 1 is 1.18 bits per heavy atom. The Kier molecular flexibility index (Phi) is 8.54. The van der Waals surface area contributed by atoms with E-state index in [9.17, 15) is 22.8 Å². The van der Waals surface area contributed by atoms with Crippen LogP contribution in [0.1, 0.15) is 37.2 Å². The van der Waals surface area contributed by atoms with Crippen LogP contribution in [0.3, 0.4) is 0 Å². The van der Waals surface area contributed by atoms with E-state index in [0.717, 1.165) is 6.08 Å². The van der Waals surface area contributed by atoms with Gasteiger partial charge in [-0.1, -0.05) is 19.9 Å². The highest BCUT2D eigenvalue weighted by Gasteiger charge is 2.37. The monoisotopic (exact) mass is 544 g/mol. The van der Waals surface area contributed by atoms with E-state index in [0.29, 0.717) is 49.7 Å². The van der Waals surface area contributed by atoms with Gasteiger partial charge in [0.25, 0.3) is 5.91 Å². The van der Waals surface area contributed by atoms with Gasteiger partial charge in [-0.25, -0.2) is 9.97 Å². The summed E-state index contributed by atoms with van der Waals surface area (Å²) in [5.74, 6) is 0.0329. The zero-order valence-corrected chi connectivity index (χ0v) is 21.7. The van der Waals surface area contributed by atoms with Gasteiger partial charge in [0.1, 0.15) is 29.1 Å². The Morgan fingerprint density at radius 2 is 1.90 bits per heavy atom. The highest BCUT2D eigenvalue weighted by molar-refractivity contribution is 5.92. The predicted octanol–water partition coefficient (Wildman–Crippen LogP) is 3.66. The molecule has 39 heavy (non-hydrogen) atoms. The van der Waals surface area contributed by atoms with E-state index in [1.165, 1.54) is 12.1 Å². The molecule has 0 saturated carbocycles. The molecular weight excluding hydrogens is 513 g/mol.